The van der Waals surface area contributed by atoms with E-state index in [1.165, 1.54) is 12.1 Å². The Morgan fingerprint density at radius 2 is 1.95 bits per heavy atom. The Hall–Kier alpha value is -2.64. The number of rotatable bonds is 3. The van der Waals surface area contributed by atoms with E-state index in [1.807, 2.05) is 5.32 Å². The number of amidine groups is 1. The minimum absolute atomic E-state index is 0.262. The fraction of sp³-hybridized carbons (Fsp3) is 0.154. The molecule has 8 heteroatoms. The molecule has 1 aliphatic heterocycles. The molecule has 1 aromatic rings. The minimum Gasteiger partial charge on any atom is -0.313 e. The number of nitrogens with zero attached hydrogens (tertiary/aromatic N) is 1. The lowest BCUT2D eigenvalue weighted by Crippen LogP contribution is -2.62. The highest BCUT2D eigenvalue weighted by Gasteiger charge is 2.64. The van der Waals surface area contributed by atoms with Crippen molar-refractivity contribution in [3.05, 3.63) is 48.6 Å². The summed E-state index contributed by atoms with van der Waals surface area (Å²) in [6.07, 6.45) is -4.46. The van der Waals surface area contributed by atoms with Gasteiger partial charge in [-0.15, -0.1) is 0 Å². The molecule has 110 valence electrons. The van der Waals surface area contributed by atoms with Crippen LogP contribution in [-0.2, 0) is 9.59 Å². The van der Waals surface area contributed by atoms with Gasteiger partial charge < -0.3 is 10.6 Å². The average Bonchev–Trinajstić information content (AvgIpc) is 2.78. The van der Waals surface area contributed by atoms with Crippen LogP contribution in [0, 0.1) is 0 Å². The lowest BCUT2D eigenvalue weighted by Gasteiger charge is -2.26. The standard InChI is InChI=1S/C13H10F3N3O2/c1-2-9(20)18-12(13(14,15)16)11(21)17-10(19-12)8-6-4-3-5-7-8/h2-7H,1H2,(H,18,20)(H,17,19,21)/t12-/m0/s1. The smallest absolute Gasteiger partial charge is 0.313 e. The maximum Gasteiger partial charge on any atom is 0.442 e. The van der Waals surface area contributed by atoms with E-state index in [4.69, 9.17) is 0 Å². The molecule has 1 heterocycles. The molecule has 21 heavy (non-hydrogen) atoms. The van der Waals surface area contributed by atoms with Gasteiger partial charge in [0.1, 0.15) is 5.84 Å². The third kappa shape index (κ3) is 2.51. The van der Waals surface area contributed by atoms with Crippen LogP contribution in [0.3, 0.4) is 0 Å². The number of carbonyl (C=O) groups is 2. The summed E-state index contributed by atoms with van der Waals surface area (Å²) in [7, 11) is 0. The summed E-state index contributed by atoms with van der Waals surface area (Å²) in [5.41, 5.74) is -3.05. The summed E-state index contributed by atoms with van der Waals surface area (Å²) in [5, 5.41) is 3.59. The number of aliphatic imine (C=N–C) groups is 1. The normalized spacial score (nSPS) is 21.5. The summed E-state index contributed by atoms with van der Waals surface area (Å²) in [4.78, 5) is 26.4. The van der Waals surface area contributed by atoms with Crippen LogP contribution in [-0.4, -0.2) is 29.5 Å². The van der Waals surface area contributed by atoms with E-state index in [2.05, 4.69) is 11.6 Å². The third-order valence-electron chi connectivity index (χ3n) is 2.79. The fourth-order valence-corrected chi connectivity index (χ4v) is 1.75. The van der Waals surface area contributed by atoms with Crippen molar-refractivity contribution in [1.82, 2.24) is 10.6 Å². The Labute approximate surface area is 117 Å². The summed E-state index contributed by atoms with van der Waals surface area (Å²) >= 11 is 0. The molecule has 0 spiro atoms. The number of carbonyl (C=O) groups excluding carboxylic acids is 2. The quantitative estimate of drug-likeness (QED) is 0.821. The van der Waals surface area contributed by atoms with E-state index in [1.54, 1.807) is 23.5 Å². The van der Waals surface area contributed by atoms with Gasteiger partial charge in [-0.25, -0.2) is 4.99 Å². The Kier molecular flexibility index (Phi) is 3.54. The van der Waals surface area contributed by atoms with E-state index >= 15 is 0 Å². The molecule has 1 aromatic carbocycles. The van der Waals surface area contributed by atoms with Crippen molar-refractivity contribution < 1.29 is 22.8 Å². The van der Waals surface area contributed by atoms with Gasteiger partial charge in [-0.3, -0.25) is 9.59 Å². The number of halogens is 3. The maximum absolute atomic E-state index is 13.2. The molecule has 1 atom stereocenters. The SMILES string of the molecule is C=CC(=O)N[C@]1(C(F)(F)F)N=C(c2ccccc2)NC1=O. The molecule has 0 saturated carbocycles. The van der Waals surface area contributed by atoms with E-state index in [9.17, 15) is 22.8 Å². The molecule has 2 N–H and O–H groups in total. The van der Waals surface area contributed by atoms with Gasteiger partial charge in [-0.2, -0.15) is 13.2 Å². The summed E-state index contributed by atoms with van der Waals surface area (Å²) in [5.74, 6) is -2.88. The van der Waals surface area contributed by atoms with Crippen LogP contribution in [0.4, 0.5) is 13.2 Å². The van der Waals surface area contributed by atoms with Gasteiger partial charge in [-0.1, -0.05) is 36.9 Å². The van der Waals surface area contributed by atoms with Crippen LogP contribution in [0.25, 0.3) is 0 Å². The van der Waals surface area contributed by atoms with E-state index in [-0.39, 0.29) is 5.84 Å². The van der Waals surface area contributed by atoms with Crippen molar-refractivity contribution in [3.8, 4) is 0 Å². The summed E-state index contributed by atoms with van der Waals surface area (Å²) in [6, 6.07) is 7.80. The van der Waals surface area contributed by atoms with Crippen LogP contribution < -0.4 is 10.6 Å². The van der Waals surface area contributed by atoms with Gasteiger partial charge in [0.05, 0.1) is 0 Å². The second-order valence-corrected chi connectivity index (χ2v) is 4.18. The number of hydrogen-bond acceptors (Lipinski definition) is 3. The average molecular weight is 297 g/mol. The topological polar surface area (TPSA) is 70.6 Å². The van der Waals surface area contributed by atoms with Crippen molar-refractivity contribution in [2.24, 2.45) is 4.99 Å². The molecule has 0 aliphatic carbocycles. The Morgan fingerprint density at radius 1 is 1.33 bits per heavy atom. The lowest BCUT2D eigenvalue weighted by atomic mass is 10.1. The van der Waals surface area contributed by atoms with Gasteiger partial charge in [0.15, 0.2) is 0 Å². The van der Waals surface area contributed by atoms with Crippen LogP contribution in [0.5, 0.6) is 0 Å². The fourth-order valence-electron chi connectivity index (χ4n) is 1.75. The molecule has 0 saturated heterocycles. The first-order valence-electron chi connectivity index (χ1n) is 5.78. The predicted molar refractivity (Wildman–Crippen MR) is 68.2 cm³/mol. The number of hydrogen-bond donors (Lipinski definition) is 2. The Morgan fingerprint density at radius 3 is 2.48 bits per heavy atom. The zero-order valence-electron chi connectivity index (χ0n) is 10.6. The monoisotopic (exact) mass is 297 g/mol. The van der Waals surface area contributed by atoms with Crippen LogP contribution >= 0.6 is 0 Å². The molecule has 5 nitrogen and oxygen atoms in total. The van der Waals surface area contributed by atoms with E-state index < -0.39 is 23.7 Å². The summed E-state index contributed by atoms with van der Waals surface area (Å²) in [6.45, 7) is 3.06. The summed E-state index contributed by atoms with van der Waals surface area (Å²) < 4.78 is 39.7. The zero-order chi connectivity index (χ0) is 15.7. The van der Waals surface area contributed by atoms with Crippen molar-refractivity contribution in [3.63, 3.8) is 0 Å². The number of alkyl halides is 3. The first-order chi connectivity index (χ1) is 9.80. The van der Waals surface area contributed by atoms with Crippen molar-refractivity contribution in [2.45, 2.75) is 11.8 Å². The molecule has 0 radical (unpaired) electrons. The Bertz CT molecular complexity index is 625. The van der Waals surface area contributed by atoms with Crippen molar-refractivity contribution in [2.75, 3.05) is 0 Å². The molecule has 0 aromatic heterocycles. The lowest BCUT2D eigenvalue weighted by molar-refractivity contribution is -0.196. The van der Waals surface area contributed by atoms with Gasteiger partial charge in [-0.05, 0) is 6.08 Å². The molecular weight excluding hydrogens is 287 g/mol. The largest absolute Gasteiger partial charge is 0.442 e. The predicted octanol–water partition coefficient (Wildman–Crippen LogP) is 1.12. The highest BCUT2D eigenvalue weighted by Crippen LogP contribution is 2.35. The minimum atomic E-state index is -5.09. The highest BCUT2D eigenvalue weighted by molar-refractivity contribution is 6.16. The first kappa shape index (κ1) is 14.8. The zero-order valence-corrected chi connectivity index (χ0v) is 10.6. The molecule has 0 bridgehead atoms. The van der Waals surface area contributed by atoms with Crippen LogP contribution in [0.15, 0.2) is 48.0 Å². The van der Waals surface area contributed by atoms with Crippen molar-refractivity contribution in [1.29, 1.82) is 0 Å². The van der Waals surface area contributed by atoms with Gasteiger partial charge >= 0.3 is 11.8 Å². The van der Waals surface area contributed by atoms with Crippen molar-refractivity contribution >= 4 is 17.6 Å². The van der Waals surface area contributed by atoms with Crippen LogP contribution in [0.1, 0.15) is 5.56 Å². The maximum atomic E-state index is 13.2. The van der Waals surface area contributed by atoms with Gasteiger partial charge in [0.2, 0.25) is 5.91 Å². The number of amides is 2. The first-order valence-corrected chi connectivity index (χ1v) is 5.78. The van der Waals surface area contributed by atoms with E-state index in [0.717, 1.165) is 0 Å². The third-order valence-corrected chi connectivity index (χ3v) is 2.79. The number of benzene rings is 1. The van der Waals surface area contributed by atoms with E-state index in [0.29, 0.717) is 11.6 Å². The Balaban J connectivity index is 2.50. The van der Waals surface area contributed by atoms with Gasteiger partial charge in [0, 0.05) is 5.56 Å². The molecule has 0 unspecified atom stereocenters. The molecule has 2 rings (SSSR count). The highest BCUT2D eigenvalue weighted by atomic mass is 19.4. The molecule has 1 aliphatic rings. The van der Waals surface area contributed by atoms with Crippen LogP contribution in [0.2, 0.25) is 0 Å². The molecular formula is C13H10F3N3O2. The molecule has 2 amide bonds. The second kappa shape index (κ2) is 5.04. The second-order valence-electron chi connectivity index (χ2n) is 4.18. The molecule has 0 fully saturated rings. The number of nitrogens with one attached hydrogen (secondary N) is 2. The van der Waals surface area contributed by atoms with Gasteiger partial charge in [0.25, 0.3) is 5.91 Å².